The summed E-state index contributed by atoms with van der Waals surface area (Å²) in [4.78, 5) is 12.5. The van der Waals surface area contributed by atoms with Gasteiger partial charge in [0.25, 0.3) is 0 Å². The number of allylic oxidation sites excluding steroid dienone is 3. The minimum absolute atomic E-state index is 0.144. The molecule has 4 rings (SSSR count). The van der Waals surface area contributed by atoms with Crippen LogP contribution in [0.15, 0.2) is 34.9 Å². The number of rotatable bonds is 8. The molecule has 1 fully saturated rings. The Kier molecular flexibility index (Phi) is 8.60. The molecule has 0 amide bonds. The summed E-state index contributed by atoms with van der Waals surface area (Å²) in [5, 5.41) is 23.4. The lowest BCUT2D eigenvalue weighted by atomic mass is 9.45. The summed E-state index contributed by atoms with van der Waals surface area (Å²) >= 11 is 0. The molecule has 3 N–H and O–H groups in total. The molecule has 0 aliphatic heterocycles. The van der Waals surface area contributed by atoms with Gasteiger partial charge in [0.05, 0.1) is 6.10 Å². The number of hydrogen-bond acceptors (Lipinski definition) is 7. The van der Waals surface area contributed by atoms with Crippen molar-refractivity contribution in [2.75, 3.05) is 0 Å². The van der Waals surface area contributed by atoms with Gasteiger partial charge in [-0.3, -0.25) is 9.35 Å². The van der Waals surface area contributed by atoms with Crippen LogP contribution in [-0.4, -0.2) is 53.6 Å². The average molecular weight is 595 g/mol. The van der Waals surface area contributed by atoms with Crippen molar-refractivity contribution in [2.45, 2.75) is 118 Å². The largest absolute Gasteiger partial charge is 0.458 e. The van der Waals surface area contributed by atoms with Crippen LogP contribution in [0.3, 0.4) is 0 Å². The third-order valence-corrected chi connectivity index (χ3v) is 11.8. The second-order valence-corrected chi connectivity index (χ2v) is 15.5. The Morgan fingerprint density at radius 3 is 2.34 bits per heavy atom. The Hall–Kier alpha value is -1.52. The van der Waals surface area contributed by atoms with E-state index in [0.717, 1.165) is 36.0 Å². The number of carbonyl (C=O) groups excluding carboxylic acids is 1. The van der Waals surface area contributed by atoms with Crippen LogP contribution in [0.4, 0.5) is 0 Å². The zero-order valence-electron chi connectivity index (χ0n) is 25.9. The van der Waals surface area contributed by atoms with E-state index in [4.69, 9.17) is 8.92 Å². The maximum Gasteiger partial charge on any atom is 0.397 e. The van der Waals surface area contributed by atoms with E-state index in [2.05, 4.69) is 40.3 Å². The van der Waals surface area contributed by atoms with Gasteiger partial charge in [0.15, 0.2) is 0 Å². The van der Waals surface area contributed by atoms with Crippen molar-refractivity contribution in [1.29, 1.82) is 0 Å². The predicted octanol–water partition coefficient (Wildman–Crippen LogP) is 5.57. The van der Waals surface area contributed by atoms with Gasteiger partial charge < -0.3 is 14.9 Å². The van der Waals surface area contributed by atoms with Crippen molar-refractivity contribution < 1.29 is 36.9 Å². The highest BCUT2D eigenvalue weighted by Crippen LogP contribution is 2.67. The van der Waals surface area contributed by atoms with Crippen molar-refractivity contribution in [2.24, 2.45) is 39.9 Å². The molecule has 41 heavy (non-hydrogen) atoms. The highest BCUT2D eigenvalue weighted by Gasteiger charge is 2.65. The first kappa shape index (κ1) is 32.4. The molecule has 0 spiro atoms. The summed E-state index contributed by atoms with van der Waals surface area (Å²) in [5.41, 5.74) is 2.08. The molecule has 0 bridgehead atoms. The van der Waals surface area contributed by atoms with E-state index >= 15 is 0 Å². The lowest BCUT2D eigenvalue weighted by Crippen LogP contribution is -2.63. The summed E-state index contributed by atoms with van der Waals surface area (Å²) in [6.07, 6.45) is 2.28. The van der Waals surface area contributed by atoms with Gasteiger partial charge in [-0.1, -0.05) is 66.7 Å². The van der Waals surface area contributed by atoms with E-state index in [-0.39, 0.29) is 18.3 Å². The Morgan fingerprint density at radius 1 is 1.15 bits per heavy atom. The average Bonchev–Trinajstić information content (AvgIpc) is 3.19. The third-order valence-electron chi connectivity index (χ3n) is 11.4. The molecule has 0 aromatic heterocycles. The second kappa shape index (κ2) is 10.9. The van der Waals surface area contributed by atoms with Gasteiger partial charge in [0.1, 0.15) is 18.3 Å². The first-order chi connectivity index (χ1) is 18.8. The van der Waals surface area contributed by atoms with Crippen LogP contribution < -0.4 is 0 Å². The lowest BCUT2D eigenvalue weighted by molar-refractivity contribution is -0.173. The molecule has 9 heteroatoms. The number of aliphatic hydroxyl groups excluding tert-OH is 2. The van der Waals surface area contributed by atoms with Crippen LogP contribution in [0.25, 0.3) is 0 Å². The molecule has 4 aliphatic carbocycles. The van der Waals surface area contributed by atoms with Crippen LogP contribution in [0.5, 0.6) is 0 Å². The first-order valence-electron chi connectivity index (χ1n) is 15.1. The van der Waals surface area contributed by atoms with Crippen LogP contribution in [0.2, 0.25) is 0 Å². The second-order valence-electron chi connectivity index (χ2n) is 14.5. The maximum absolute atomic E-state index is 12.5. The van der Waals surface area contributed by atoms with E-state index in [9.17, 15) is 28.0 Å². The lowest BCUT2D eigenvalue weighted by Gasteiger charge is -2.62. The summed E-state index contributed by atoms with van der Waals surface area (Å²) < 4.78 is 43.9. The molecule has 0 aromatic rings. The van der Waals surface area contributed by atoms with Crippen molar-refractivity contribution in [3.05, 3.63) is 34.9 Å². The molecule has 232 valence electrons. The van der Waals surface area contributed by atoms with Gasteiger partial charge in [0, 0.05) is 12.3 Å². The third kappa shape index (κ3) is 5.39. The first-order valence-corrected chi connectivity index (χ1v) is 16.4. The minimum Gasteiger partial charge on any atom is -0.458 e. The molecular formula is C32H50O8S. The standard InChI is InChI=1S/C32H50O8S/c1-17(2)18(3)10-11-19(4)22-13-14-23-21-12-15-25-30(6,7)28(40-41(36,37)38)24(34)16-31(25,8)26(21)27(35)29(32(22,23)9)39-20(5)33/h14,17,19,22,24-25,27-29,34-35H,3,10-13,15-16H2,1-2,4-9H3,(H,36,37,38)/t19-,22?,24-,25+,27+,28+,29-,31+,32-/m1/s1. The van der Waals surface area contributed by atoms with Crippen LogP contribution in [0, 0.1) is 39.9 Å². The number of fused-ring (bicyclic) bond motifs is 4. The molecule has 1 saturated carbocycles. The fourth-order valence-electron chi connectivity index (χ4n) is 9.36. The fraction of sp³-hybridized carbons (Fsp3) is 0.781. The molecule has 1 unspecified atom stereocenters. The summed E-state index contributed by atoms with van der Waals surface area (Å²) in [6.45, 7) is 20.0. The van der Waals surface area contributed by atoms with Crippen LogP contribution in [0.1, 0.15) is 93.9 Å². The SMILES string of the molecule is C=C(CC[C@@H](C)C1CC=C2C3=C([C@H](O)[C@@H](OC(C)=O)[C@@]21C)[C@@]1(C)C[C@@H](O)[C@H](OS(=O)(=O)O)C(C)(C)[C@@H]1CC3)C(C)C. The summed E-state index contributed by atoms with van der Waals surface area (Å²) in [7, 11) is -4.78. The monoisotopic (exact) mass is 594 g/mol. The molecule has 0 radical (unpaired) electrons. The summed E-state index contributed by atoms with van der Waals surface area (Å²) in [5.74, 6) is 0.267. The number of esters is 1. The molecular weight excluding hydrogens is 544 g/mol. The van der Waals surface area contributed by atoms with E-state index in [1.807, 2.05) is 20.8 Å². The smallest absolute Gasteiger partial charge is 0.397 e. The van der Waals surface area contributed by atoms with Gasteiger partial charge in [-0.2, -0.15) is 8.42 Å². The topological polar surface area (TPSA) is 130 Å². The fourth-order valence-corrected chi connectivity index (χ4v) is 10.0. The van der Waals surface area contributed by atoms with Crippen LogP contribution >= 0.6 is 0 Å². The zero-order valence-corrected chi connectivity index (χ0v) is 26.8. The van der Waals surface area contributed by atoms with Crippen molar-refractivity contribution in [3.8, 4) is 0 Å². The normalized spacial score (nSPS) is 39.0. The molecule has 8 nitrogen and oxygen atoms in total. The number of aliphatic hydroxyl groups is 2. The predicted molar refractivity (Wildman–Crippen MR) is 157 cm³/mol. The summed E-state index contributed by atoms with van der Waals surface area (Å²) in [6, 6.07) is 0. The van der Waals surface area contributed by atoms with E-state index < -0.39 is 57.0 Å². The zero-order chi connectivity index (χ0) is 30.9. The molecule has 4 aliphatic rings. The number of ether oxygens (including phenoxy) is 1. The van der Waals surface area contributed by atoms with Gasteiger partial charge in [0.2, 0.25) is 0 Å². The molecule has 0 aromatic carbocycles. The Labute approximate surface area is 246 Å². The molecule has 9 atom stereocenters. The number of carbonyl (C=O) groups is 1. The van der Waals surface area contributed by atoms with Gasteiger partial charge in [-0.15, -0.1) is 0 Å². The molecule has 0 saturated heterocycles. The van der Waals surface area contributed by atoms with Crippen molar-refractivity contribution >= 4 is 16.4 Å². The Bertz CT molecular complexity index is 1250. The van der Waals surface area contributed by atoms with E-state index in [1.54, 1.807) is 0 Å². The maximum atomic E-state index is 12.5. The van der Waals surface area contributed by atoms with Gasteiger partial charge in [-0.25, -0.2) is 4.18 Å². The van der Waals surface area contributed by atoms with Crippen molar-refractivity contribution in [1.82, 2.24) is 0 Å². The highest BCUT2D eigenvalue weighted by molar-refractivity contribution is 7.80. The Morgan fingerprint density at radius 2 is 1.78 bits per heavy atom. The molecule has 0 heterocycles. The highest BCUT2D eigenvalue weighted by atomic mass is 32.3. The quantitative estimate of drug-likeness (QED) is 0.189. The number of hydrogen-bond donors (Lipinski definition) is 3. The van der Waals surface area contributed by atoms with Gasteiger partial charge in [-0.05, 0) is 89.7 Å². The Balaban J connectivity index is 1.78. The minimum atomic E-state index is -4.78. The van der Waals surface area contributed by atoms with E-state index in [1.165, 1.54) is 12.5 Å². The van der Waals surface area contributed by atoms with Crippen molar-refractivity contribution in [3.63, 3.8) is 0 Å². The van der Waals surface area contributed by atoms with E-state index in [0.29, 0.717) is 24.7 Å². The van der Waals surface area contributed by atoms with Gasteiger partial charge >= 0.3 is 16.4 Å². The van der Waals surface area contributed by atoms with Crippen LogP contribution in [-0.2, 0) is 24.1 Å².